The van der Waals surface area contributed by atoms with Crippen molar-refractivity contribution in [1.29, 1.82) is 0 Å². The predicted molar refractivity (Wildman–Crippen MR) is 94.0 cm³/mol. The molecular formula is C16H25ClN4O2. The van der Waals surface area contributed by atoms with Crippen LogP contribution in [0.25, 0.3) is 0 Å². The minimum Gasteiger partial charge on any atom is -0.350 e. The summed E-state index contributed by atoms with van der Waals surface area (Å²) in [7, 11) is 0. The summed E-state index contributed by atoms with van der Waals surface area (Å²) in [6, 6.07) is 8.86. The molecule has 0 radical (unpaired) electrons. The van der Waals surface area contributed by atoms with Gasteiger partial charge in [0.25, 0.3) is 0 Å². The third-order valence-electron chi connectivity index (χ3n) is 3.66. The Labute approximate surface area is 143 Å². The van der Waals surface area contributed by atoms with Crippen molar-refractivity contribution >= 4 is 30.0 Å². The molecule has 0 aliphatic carbocycles. The third-order valence-corrected chi connectivity index (χ3v) is 3.66. The summed E-state index contributed by atoms with van der Waals surface area (Å²) in [4.78, 5) is 24.3. The summed E-state index contributed by atoms with van der Waals surface area (Å²) in [6.07, 6.45) is 2.01. The Kier molecular flexibility index (Phi) is 7.32. The number of carbonyl (C=O) groups is 2. The van der Waals surface area contributed by atoms with E-state index in [1.165, 1.54) is 0 Å². The topological polar surface area (TPSA) is 82.3 Å². The van der Waals surface area contributed by atoms with Gasteiger partial charge in [-0.15, -0.1) is 12.4 Å². The molecule has 0 bridgehead atoms. The fourth-order valence-corrected chi connectivity index (χ4v) is 2.37. The maximum atomic E-state index is 12.3. The van der Waals surface area contributed by atoms with Crippen molar-refractivity contribution in [2.24, 2.45) is 0 Å². The van der Waals surface area contributed by atoms with E-state index in [1.54, 1.807) is 26.0 Å². The van der Waals surface area contributed by atoms with E-state index in [-0.39, 0.29) is 24.4 Å². The van der Waals surface area contributed by atoms with Crippen LogP contribution in [-0.4, -0.2) is 36.6 Å². The molecule has 2 rings (SSSR count). The molecule has 0 aromatic heterocycles. The van der Waals surface area contributed by atoms with Crippen LogP contribution in [0.4, 0.5) is 10.5 Å². The van der Waals surface area contributed by atoms with Gasteiger partial charge in [-0.1, -0.05) is 18.2 Å². The molecule has 1 aromatic carbocycles. The summed E-state index contributed by atoms with van der Waals surface area (Å²) in [5.41, 5.74) is -0.288. The van der Waals surface area contributed by atoms with Crippen LogP contribution in [-0.2, 0) is 4.79 Å². The van der Waals surface area contributed by atoms with Gasteiger partial charge in [0.2, 0.25) is 5.91 Å². The van der Waals surface area contributed by atoms with Crippen LogP contribution in [0, 0.1) is 0 Å². The van der Waals surface area contributed by atoms with Gasteiger partial charge in [-0.25, -0.2) is 4.79 Å². The van der Waals surface area contributed by atoms with E-state index in [0.29, 0.717) is 5.69 Å². The fourth-order valence-electron chi connectivity index (χ4n) is 2.37. The number of para-hydroxylation sites is 1. The van der Waals surface area contributed by atoms with Gasteiger partial charge in [0.15, 0.2) is 0 Å². The summed E-state index contributed by atoms with van der Waals surface area (Å²) >= 11 is 0. The number of rotatable bonds is 4. The maximum absolute atomic E-state index is 12.3. The van der Waals surface area contributed by atoms with Crippen LogP contribution in [0.3, 0.4) is 0 Å². The van der Waals surface area contributed by atoms with Crippen molar-refractivity contribution in [1.82, 2.24) is 16.0 Å². The second-order valence-corrected chi connectivity index (χ2v) is 6.09. The number of nitrogens with one attached hydrogen (secondary N) is 4. The van der Waals surface area contributed by atoms with Crippen molar-refractivity contribution in [3.63, 3.8) is 0 Å². The van der Waals surface area contributed by atoms with E-state index in [9.17, 15) is 9.59 Å². The number of hydrogen-bond acceptors (Lipinski definition) is 3. The number of halogens is 1. The fraction of sp³-hybridized carbons (Fsp3) is 0.500. The van der Waals surface area contributed by atoms with Gasteiger partial charge >= 0.3 is 6.03 Å². The number of amides is 3. The van der Waals surface area contributed by atoms with Crippen LogP contribution in [0.2, 0.25) is 0 Å². The van der Waals surface area contributed by atoms with Crippen LogP contribution in [0.1, 0.15) is 26.7 Å². The van der Waals surface area contributed by atoms with Crippen LogP contribution in [0.15, 0.2) is 30.3 Å². The highest BCUT2D eigenvalue weighted by molar-refractivity contribution is 5.95. The van der Waals surface area contributed by atoms with E-state index in [4.69, 9.17) is 0 Å². The summed E-state index contributed by atoms with van der Waals surface area (Å²) in [5, 5.41) is 11.7. The smallest absolute Gasteiger partial charge is 0.320 e. The molecule has 1 aromatic rings. The Balaban J connectivity index is 0.00000264. The zero-order valence-electron chi connectivity index (χ0n) is 13.5. The molecule has 1 saturated heterocycles. The number of benzene rings is 1. The van der Waals surface area contributed by atoms with Crippen molar-refractivity contribution in [3.8, 4) is 0 Å². The average molecular weight is 341 g/mol. The number of piperidine rings is 1. The van der Waals surface area contributed by atoms with Crippen LogP contribution < -0.4 is 21.3 Å². The second-order valence-electron chi connectivity index (χ2n) is 6.09. The summed E-state index contributed by atoms with van der Waals surface area (Å²) in [5.74, 6) is -0.176. The Morgan fingerprint density at radius 2 is 1.91 bits per heavy atom. The number of anilines is 1. The SMILES string of the molecule is CC(C)(NC(=O)Nc1ccccc1)C(=O)N[C@H]1CCCNC1.Cl. The van der Waals surface area contributed by atoms with Crippen molar-refractivity contribution in [2.45, 2.75) is 38.3 Å². The number of hydrogen-bond donors (Lipinski definition) is 4. The molecular weight excluding hydrogens is 316 g/mol. The monoisotopic (exact) mass is 340 g/mol. The van der Waals surface area contributed by atoms with E-state index >= 15 is 0 Å². The molecule has 1 fully saturated rings. The first-order valence-electron chi connectivity index (χ1n) is 7.63. The minimum atomic E-state index is -0.976. The quantitative estimate of drug-likeness (QED) is 0.675. The van der Waals surface area contributed by atoms with Gasteiger partial charge in [0, 0.05) is 18.3 Å². The van der Waals surface area contributed by atoms with Gasteiger partial charge < -0.3 is 21.3 Å². The zero-order chi connectivity index (χ0) is 16.0. The molecule has 0 spiro atoms. The van der Waals surface area contributed by atoms with Crippen molar-refractivity contribution in [2.75, 3.05) is 18.4 Å². The van der Waals surface area contributed by atoms with E-state index < -0.39 is 11.6 Å². The molecule has 1 aliphatic heterocycles. The third kappa shape index (κ3) is 6.08. The van der Waals surface area contributed by atoms with Gasteiger partial charge in [0.05, 0.1) is 0 Å². The lowest BCUT2D eigenvalue weighted by Crippen LogP contribution is -2.59. The highest BCUT2D eigenvalue weighted by Crippen LogP contribution is 2.09. The van der Waals surface area contributed by atoms with E-state index in [2.05, 4.69) is 21.3 Å². The first-order valence-corrected chi connectivity index (χ1v) is 7.63. The molecule has 0 unspecified atom stereocenters. The molecule has 7 heteroatoms. The van der Waals surface area contributed by atoms with Crippen LogP contribution in [0.5, 0.6) is 0 Å². The van der Waals surface area contributed by atoms with E-state index in [1.807, 2.05) is 18.2 Å². The molecule has 1 atom stereocenters. The Morgan fingerprint density at radius 3 is 2.52 bits per heavy atom. The number of urea groups is 1. The lowest BCUT2D eigenvalue weighted by molar-refractivity contribution is -0.126. The van der Waals surface area contributed by atoms with Gasteiger partial charge in [-0.05, 0) is 45.4 Å². The highest BCUT2D eigenvalue weighted by Gasteiger charge is 2.31. The highest BCUT2D eigenvalue weighted by atomic mass is 35.5. The lowest BCUT2D eigenvalue weighted by atomic mass is 10.0. The number of carbonyl (C=O) groups excluding carboxylic acids is 2. The van der Waals surface area contributed by atoms with Crippen molar-refractivity contribution < 1.29 is 9.59 Å². The molecule has 128 valence electrons. The first-order chi connectivity index (χ1) is 10.5. The first kappa shape index (κ1) is 19.3. The van der Waals surface area contributed by atoms with Gasteiger partial charge in [0.1, 0.15) is 5.54 Å². The normalized spacial score (nSPS) is 17.6. The minimum absolute atomic E-state index is 0. The zero-order valence-corrected chi connectivity index (χ0v) is 14.3. The molecule has 0 saturated carbocycles. The molecule has 6 nitrogen and oxygen atoms in total. The summed E-state index contributed by atoms with van der Waals surface area (Å²) in [6.45, 7) is 5.16. The molecule has 1 heterocycles. The Hall–Kier alpha value is -1.79. The molecule has 1 aliphatic rings. The van der Waals surface area contributed by atoms with Gasteiger partial charge in [-0.2, -0.15) is 0 Å². The Morgan fingerprint density at radius 1 is 1.22 bits per heavy atom. The molecule has 23 heavy (non-hydrogen) atoms. The van der Waals surface area contributed by atoms with Gasteiger partial charge in [-0.3, -0.25) is 4.79 Å². The largest absolute Gasteiger partial charge is 0.350 e. The lowest BCUT2D eigenvalue weighted by Gasteiger charge is -2.30. The molecule has 3 amide bonds. The molecule has 4 N–H and O–H groups in total. The van der Waals surface area contributed by atoms with Crippen LogP contribution >= 0.6 is 12.4 Å². The average Bonchev–Trinajstić information content (AvgIpc) is 2.48. The second kappa shape index (κ2) is 8.74. The van der Waals surface area contributed by atoms with E-state index in [0.717, 1.165) is 25.9 Å². The Bertz CT molecular complexity index is 516. The maximum Gasteiger partial charge on any atom is 0.320 e. The summed E-state index contributed by atoms with van der Waals surface area (Å²) < 4.78 is 0. The predicted octanol–water partition coefficient (Wildman–Crippen LogP) is 1.88. The van der Waals surface area contributed by atoms with Crippen molar-refractivity contribution in [3.05, 3.63) is 30.3 Å². The standard InChI is InChI=1S/C16H24N4O2.ClH/c1-16(2,14(21)18-13-9-6-10-17-11-13)20-15(22)19-12-7-4-3-5-8-12;/h3-5,7-8,13,17H,6,9-11H2,1-2H3,(H,18,21)(H2,19,20,22);1H/t13-;/m0./s1.